The Morgan fingerprint density at radius 1 is 1.32 bits per heavy atom. The van der Waals surface area contributed by atoms with E-state index in [-0.39, 0.29) is 6.61 Å². The van der Waals surface area contributed by atoms with Crippen molar-refractivity contribution in [2.75, 3.05) is 12.4 Å². The fourth-order valence-electron chi connectivity index (χ4n) is 1.90. The maximum atomic E-state index is 8.90. The molecule has 102 valence electrons. The topological polar surface area (TPSA) is 64.1 Å². The van der Waals surface area contributed by atoms with E-state index in [1.54, 1.807) is 11.8 Å². The predicted molar refractivity (Wildman–Crippen MR) is 78.6 cm³/mol. The van der Waals surface area contributed by atoms with Crippen LogP contribution in [-0.2, 0) is 6.54 Å². The molecule has 2 aromatic rings. The summed E-state index contributed by atoms with van der Waals surface area (Å²) in [6, 6.07) is 10.0. The van der Waals surface area contributed by atoms with E-state index in [1.807, 2.05) is 41.9 Å². The number of hydrogen-bond donors (Lipinski definition) is 2. The van der Waals surface area contributed by atoms with Crippen molar-refractivity contribution >= 4 is 11.8 Å². The third-order valence-electron chi connectivity index (χ3n) is 2.88. The minimum Gasteiger partial charge on any atom is -0.396 e. The SMILES string of the molecule is Cc1nn(-c2ccccc2)c(SCCCO)c1CN. The lowest BCUT2D eigenvalue weighted by molar-refractivity contribution is 0.296. The van der Waals surface area contributed by atoms with Crippen molar-refractivity contribution in [3.05, 3.63) is 41.6 Å². The Morgan fingerprint density at radius 3 is 2.68 bits per heavy atom. The first kappa shape index (κ1) is 14.1. The number of rotatable bonds is 6. The zero-order valence-electron chi connectivity index (χ0n) is 11.0. The van der Waals surface area contributed by atoms with Gasteiger partial charge in [0.2, 0.25) is 0 Å². The second kappa shape index (κ2) is 6.75. The van der Waals surface area contributed by atoms with Gasteiger partial charge in [-0.2, -0.15) is 5.10 Å². The molecule has 2 rings (SSSR count). The van der Waals surface area contributed by atoms with Crippen molar-refractivity contribution in [1.29, 1.82) is 0 Å². The summed E-state index contributed by atoms with van der Waals surface area (Å²) in [6.45, 7) is 2.68. The van der Waals surface area contributed by atoms with Gasteiger partial charge in [0.25, 0.3) is 0 Å². The molecule has 1 heterocycles. The van der Waals surface area contributed by atoms with Crippen molar-refractivity contribution in [2.45, 2.75) is 24.9 Å². The summed E-state index contributed by atoms with van der Waals surface area (Å²) < 4.78 is 1.94. The van der Waals surface area contributed by atoms with E-state index < -0.39 is 0 Å². The molecule has 0 spiro atoms. The summed E-state index contributed by atoms with van der Waals surface area (Å²) in [5.74, 6) is 0.863. The Kier molecular flexibility index (Phi) is 5.01. The van der Waals surface area contributed by atoms with Crippen LogP contribution in [0.4, 0.5) is 0 Å². The lowest BCUT2D eigenvalue weighted by Gasteiger charge is -2.08. The van der Waals surface area contributed by atoms with Gasteiger partial charge in [0.05, 0.1) is 11.4 Å². The average molecular weight is 277 g/mol. The maximum Gasteiger partial charge on any atom is 0.105 e. The molecule has 19 heavy (non-hydrogen) atoms. The van der Waals surface area contributed by atoms with E-state index in [0.717, 1.165) is 34.1 Å². The minimum atomic E-state index is 0.212. The number of hydrogen-bond acceptors (Lipinski definition) is 4. The van der Waals surface area contributed by atoms with E-state index in [1.165, 1.54) is 0 Å². The third kappa shape index (κ3) is 3.18. The molecule has 1 aromatic heterocycles. The number of thioether (sulfide) groups is 1. The maximum absolute atomic E-state index is 8.90. The number of nitrogens with two attached hydrogens (primary N) is 1. The molecule has 0 aliphatic heterocycles. The van der Waals surface area contributed by atoms with Gasteiger partial charge in [-0.05, 0) is 25.5 Å². The van der Waals surface area contributed by atoms with Gasteiger partial charge in [0, 0.05) is 24.5 Å². The summed E-state index contributed by atoms with van der Waals surface area (Å²) in [6.07, 6.45) is 0.772. The Bertz CT molecular complexity index is 525. The number of aliphatic hydroxyl groups excluding tert-OH is 1. The van der Waals surface area contributed by atoms with E-state index in [0.29, 0.717) is 6.54 Å². The Balaban J connectivity index is 2.37. The highest BCUT2D eigenvalue weighted by Gasteiger charge is 2.15. The van der Waals surface area contributed by atoms with Crippen molar-refractivity contribution < 1.29 is 5.11 Å². The fourth-order valence-corrected chi connectivity index (χ4v) is 3.04. The van der Waals surface area contributed by atoms with Crippen LogP contribution in [0, 0.1) is 6.92 Å². The number of aromatic nitrogens is 2. The van der Waals surface area contributed by atoms with Crippen LogP contribution in [-0.4, -0.2) is 27.2 Å². The predicted octanol–water partition coefficient (Wildman–Crippen LogP) is 2.11. The highest BCUT2D eigenvalue weighted by atomic mass is 32.2. The summed E-state index contributed by atoms with van der Waals surface area (Å²) >= 11 is 1.70. The zero-order valence-corrected chi connectivity index (χ0v) is 11.9. The van der Waals surface area contributed by atoms with Crippen LogP contribution in [0.25, 0.3) is 5.69 Å². The van der Waals surface area contributed by atoms with Crippen LogP contribution in [0.3, 0.4) is 0 Å². The third-order valence-corrected chi connectivity index (χ3v) is 4.07. The lowest BCUT2D eigenvalue weighted by Crippen LogP contribution is -2.02. The molecule has 5 heteroatoms. The van der Waals surface area contributed by atoms with Crippen molar-refractivity contribution in [1.82, 2.24) is 9.78 Å². The standard InChI is InChI=1S/C14H19N3OS/c1-11-13(10-15)14(19-9-5-8-18)17(16-11)12-6-3-2-4-7-12/h2-4,6-7,18H,5,8-10,15H2,1H3. The molecular weight excluding hydrogens is 258 g/mol. The molecule has 0 bridgehead atoms. The number of nitrogens with zero attached hydrogens (tertiary/aromatic N) is 2. The van der Waals surface area contributed by atoms with Crippen LogP contribution in [0.5, 0.6) is 0 Å². The van der Waals surface area contributed by atoms with Gasteiger partial charge in [-0.25, -0.2) is 4.68 Å². The fraction of sp³-hybridized carbons (Fsp3) is 0.357. The summed E-state index contributed by atoms with van der Waals surface area (Å²) in [4.78, 5) is 0. The number of para-hydroxylation sites is 1. The highest BCUT2D eigenvalue weighted by Crippen LogP contribution is 2.28. The average Bonchev–Trinajstić information content (AvgIpc) is 2.76. The summed E-state index contributed by atoms with van der Waals surface area (Å²) in [5.41, 5.74) is 8.93. The van der Waals surface area contributed by atoms with E-state index in [9.17, 15) is 0 Å². The first-order valence-electron chi connectivity index (χ1n) is 6.35. The Morgan fingerprint density at radius 2 is 2.05 bits per heavy atom. The Hall–Kier alpha value is -1.30. The molecule has 0 saturated carbocycles. The highest BCUT2D eigenvalue weighted by molar-refractivity contribution is 7.99. The first-order chi connectivity index (χ1) is 9.27. The number of aliphatic hydroxyl groups is 1. The molecule has 0 aliphatic carbocycles. The minimum absolute atomic E-state index is 0.212. The van der Waals surface area contributed by atoms with Gasteiger partial charge in [0.15, 0.2) is 0 Å². The van der Waals surface area contributed by atoms with E-state index in [4.69, 9.17) is 10.8 Å². The summed E-state index contributed by atoms with van der Waals surface area (Å²) in [7, 11) is 0. The van der Waals surface area contributed by atoms with Crippen LogP contribution >= 0.6 is 11.8 Å². The van der Waals surface area contributed by atoms with Crippen LogP contribution in [0.2, 0.25) is 0 Å². The molecule has 0 saturated heterocycles. The summed E-state index contributed by atoms with van der Waals surface area (Å²) in [5, 5.41) is 14.6. The second-order valence-corrected chi connectivity index (χ2v) is 5.33. The van der Waals surface area contributed by atoms with Gasteiger partial charge in [-0.3, -0.25) is 0 Å². The quantitative estimate of drug-likeness (QED) is 0.627. The van der Waals surface area contributed by atoms with Crippen LogP contribution in [0.1, 0.15) is 17.7 Å². The lowest BCUT2D eigenvalue weighted by atomic mass is 10.3. The molecule has 0 atom stereocenters. The molecule has 0 fully saturated rings. The van der Waals surface area contributed by atoms with Gasteiger partial charge >= 0.3 is 0 Å². The zero-order chi connectivity index (χ0) is 13.7. The van der Waals surface area contributed by atoms with Crippen molar-refractivity contribution in [3.8, 4) is 5.69 Å². The molecule has 0 amide bonds. The molecule has 0 radical (unpaired) electrons. The van der Waals surface area contributed by atoms with Gasteiger partial charge in [-0.15, -0.1) is 11.8 Å². The van der Waals surface area contributed by atoms with Gasteiger partial charge in [-0.1, -0.05) is 18.2 Å². The van der Waals surface area contributed by atoms with Crippen LogP contribution < -0.4 is 5.73 Å². The normalized spacial score (nSPS) is 10.9. The number of benzene rings is 1. The molecule has 1 aromatic carbocycles. The smallest absolute Gasteiger partial charge is 0.105 e. The number of aryl methyl sites for hydroxylation is 1. The van der Waals surface area contributed by atoms with Gasteiger partial charge in [0.1, 0.15) is 5.03 Å². The molecule has 0 aliphatic rings. The molecule has 3 N–H and O–H groups in total. The van der Waals surface area contributed by atoms with Crippen LogP contribution in [0.15, 0.2) is 35.4 Å². The molecular formula is C14H19N3OS. The van der Waals surface area contributed by atoms with Crippen molar-refractivity contribution in [2.24, 2.45) is 5.73 Å². The van der Waals surface area contributed by atoms with Gasteiger partial charge < -0.3 is 10.8 Å². The Labute approximate surface area is 117 Å². The molecule has 4 nitrogen and oxygen atoms in total. The van der Waals surface area contributed by atoms with Crippen molar-refractivity contribution in [3.63, 3.8) is 0 Å². The largest absolute Gasteiger partial charge is 0.396 e. The monoisotopic (exact) mass is 277 g/mol. The second-order valence-electron chi connectivity index (χ2n) is 4.25. The molecule has 0 unspecified atom stereocenters. The van der Waals surface area contributed by atoms with E-state index >= 15 is 0 Å². The van der Waals surface area contributed by atoms with E-state index in [2.05, 4.69) is 5.10 Å². The first-order valence-corrected chi connectivity index (χ1v) is 7.34.